The number of fused-ring (bicyclic) bond motifs is 2. The topological polar surface area (TPSA) is 39.1 Å². The van der Waals surface area contributed by atoms with Crippen molar-refractivity contribution >= 4 is 22.9 Å². The van der Waals surface area contributed by atoms with E-state index in [1.807, 2.05) is 29.1 Å². The van der Waals surface area contributed by atoms with Crippen LogP contribution in [0.15, 0.2) is 48.8 Å². The third-order valence-corrected chi connectivity index (χ3v) is 7.12. The number of para-hydroxylation sites is 1. The number of thiophene rings is 1. The van der Waals surface area contributed by atoms with Gasteiger partial charge in [-0.2, -0.15) is 5.10 Å². The highest BCUT2D eigenvalue weighted by atomic mass is 35.5. The predicted octanol–water partition coefficient (Wildman–Crippen LogP) is 4.87. The summed E-state index contributed by atoms with van der Waals surface area (Å²) in [5.41, 5.74) is 3.39. The van der Waals surface area contributed by atoms with Gasteiger partial charge in [-0.15, -0.1) is 11.3 Å². The van der Waals surface area contributed by atoms with Gasteiger partial charge in [0.15, 0.2) is 0 Å². The minimum Gasteiger partial charge on any atom is -0.369 e. The average Bonchev–Trinajstić information content (AvgIpc) is 3.29. The lowest BCUT2D eigenvalue weighted by Gasteiger charge is -2.46. The molecule has 0 saturated carbocycles. The second kappa shape index (κ2) is 6.74. The highest BCUT2D eigenvalue weighted by Crippen LogP contribution is 2.49. The first-order chi connectivity index (χ1) is 13.1. The molecule has 0 unspecified atom stereocenters. The quantitative estimate of drug-likeness (QED) is 0.668. The van der Waals surface area contributed by atoms with Gasteiger partial charge < -0.3 is 10.1 Å². The van der Waals surface area contributed by atoms with Gasteiger partial charge in [-0.25, -0.2) is 4.68 Å². The zero-order chi connectivity index (χ0) is 18.4. The van der Waals surface area contributed by atoms with Gasteiger partial charge in [0.1, 0.15) is 5.60 Å². The Hall–Kier alpha value is -1.66. The summed E-state index contributed by atoms with van der Waals surface area (Å²) in [5.74, 6) is 0. The molecule has 2 aliphatic heterocycles. The van der Waals surface area contributed by atoms with Crippen LogP contribution in [0.2, 0.25) is 4.34 Å². The van der Waals surface area contributed by atoms with Crippen molar-refractivity contribution in [3.8, 4) is 5.69 Å². The molecule has 0 bridgehead atoms. The molecular formula is C21H22ClN3OS. The summed E-state index contributed by atoms with van der Waals surface area (Å²) in [7, 11) is 0. The van der Waals surface area contributed by atoms with Gasteiger partial charge in [0, 0.05) is 35.1 Å². The van der Waals surface area contributed by atoms with Crippen LogP contribution < -0.4 is 5.32 Å². The van der Waals surface area contributed by atoms with E-state index in [1.54, 1.807) is 11.3 Å². The summed E-state index contributed by atoms with van der Waals surface area (Å²) >= 11 is 8.04. The molecular weight excluding hydrogens is 378 g/mol. The fourth-order valence-electron chi connectivity index (χ4n) is 4.51. The molecule has 1 aromatic carbocycles. The number of nitrogens with one attached hydrogen (secondary N) is 1. The first-order valence-electron chi connectivity index (χ1n) is 9.42. The number of aromatic nitrogens is 2. The highest BCUT2D eigenvalue weighted by Gasteiger charge is 2.46. The van der Waals surface area contributed by atoms with Gasteiger partial charge >= 0.3 is 0 Å². The van der Waals surface area contributed by atoms with E-state index in [4.69, 9.17) is 16.3 Å². The molecule has 1 N–H and O–H groups in total. The molecule has 1 saturated heterocycles. The molecule has 2 aromatic heterocycles. The number of ether oxygens (including phenoxy) is 1. The zero-order valence-electron chi connectivity index (χ0n) is 15.2. The van der Waals surface area contributed by atoms with Crippen molar-refractivity contribution in [2.45, 2.75) is 43.9 Å². The maximum absolute atomic E-state index is 6.44. The Morgan fingerprint density at radius 1 is 1.30 bits per heavy atom. The van der Waals surface area contributed by atoms with E-state index in [1.165, 1.54) is 16.0 Å². The molecule has 3 aromatic rings. The number of hydrogen-bond donors (Lipinski definition) is 1. The van der Waals surface area contributed by atoms with E-state index in [0.717, 1.165) is 35.9 Å². The van der Waals surface area contributed by atoms with Crippen LogP contribution in [-0.2, 0) is 16.8 Å². The Morgan fingerprint density at radius 2 is 2.15 bits per heavy atom. The number of piperidine rings is 1. The molecule has 5 rings (SSSR count). The minimum absolute atomic E-state index is 0.207. The van der Waals surface area contributed by atoms with Crippen molar-refractivity contribution in [1.29, 1.82) is 0 Å². The highest BCUT2D eigenvalue weighted by molar-refractivity contribution is 7.16. The monoisotopic (exact) mass is 399 g/mol. The maximum Gasteiger partial charge on any atom is 0.106 e. The molecule has 0 amide bonds. The molecule has 140 valence electrons. The Bertz CT molecular complexity index is 954. The van der Waals surface area contributed by atoms with Gasteiger partial charge in [-0.05, 0) is 43.5 Å². The van der Waals surface area contributed by atoms with Crippen molar-refractivity contribution in [3.05, 3.63) is 69.1 Å². The molecule has 1 spiro atoms. The largest absolute Gasteiger partial charge is 0.369 e. The molecule has 3 atom stereocenters. The molecule has 6 heteroatoms. The molecule has 0 radical (unpaired) electrons. The SMILES string of the molecule is C[C@H]1C[C@@]2(C[C@@H](c3cnn(-c4ccccc4)c3)N1)OCCc1cc(Cl)sc12. The molecule has 4 nitrogen and oxygen atoms in total. The van der Waals surface area contributed by atoms with E-state index < -0.39 is 0 Å². The fourth-order valence-corrected chi connectivity index (χ4v) is 5.98. The molecule has 2 aliphatic rings. The van der Waals surface area contributed by atoms with Crippen LogP contribution >= 0.6 is 22.9 Å². The van der Waals surface area contributed by atoms with Gasteiger partial charge in [-0.1, -0.05) is 29.8 Å². The minimum atomic E-state index is -0.241. The Morgan fingerprint density at radius 3 is 3.00 bits per heavy atom. The van der Waals surface area contributed by atoms with Gasteiger partial charge in [-0.3, -0.25) is 0 Å². The summed E-state index contributed by atoms with van der Waals surface area (Å²) in [4.78, 5) is 1.33. The predicted molar refractivity (Wildman–Crippen MR) is 109 cm³/mol. The summed E-state index contributed by atoms with van der Waals surface area (Å²) in [6.45, 7) is 3.01. The number of rotatable bonds is 2. The lowest BCUT2D eigenvalue weighted by Crippen LogP contribution is -2.49. The Labute approximate surface area is 168 Å². The molecule has 0 aliphatic carbocycles. The number of nitrogens with zero attached hydrogens (tertiary/aromatic N) is 2. The van der Waals surface area contributed by atoms with Crippen molar-refractivity contribution in [1.82, 2.24) is 15.1 Å². The summed E-state index contributed by atoms with van der Waals surface area (Å²) in [5, 5.41) is 8.33. The van der Waals surface area contributed by atoms with Crippen molar-refractivity contribution in [2.75, 3.05) is 6.61 Å². The van der Waals surface area contributed by atoms with Crippen molar-refractivity contribution in [2.24, 2.45) is 0 Å². The van der Waals surface area contributed by atoms with Gasteiger partial charge in [0.25, 0.3) is 0 Å². The summed E-state index contributed by atoms with van der Waals surface area (Å²) in [6.07, 6.45) is 6.94. The number of benzene rings is 1. The van der Waals surface area contributed by atoms with Crippen LogP contribution in [0.4, 0.5) is 0 Å². The van der Waals surface area contributed by atoms with Crippen LogP contribution in [-0.4, -0.2) is 22.4 Å². The fraction of sp³-hybridized carbons (Fsp3) is 0.381. The van der Waals surface area contributed by atoms with E-state index in [0.29, 0.717) is 6.04 Å². The van der Waals surface area contributed by atoms with E-state index in [2.05, 4.69) is 41.7 Å². The number of halogens is 1. The van der Waals surface area contributed by atoms with Crippen molar-refractivity contribution < 1.29 is 4.74 Å². The molecule has 27 heavy (non-hydrogen) atoms. The molecule has 4 heterocycles. The standard InChI is InChI=1S/C21H22ClN3OS/c1-14-10-21(20-15(7-8-26-21)9-19(22)27-20)11-18(24-14)16-12-23-25(13-16)17-5-3-2-4-6-17/h2-6,9,12-14,18,24H,7-8,10-11H2,1H3/t14-,18-,21-/m0/s1. The third kappa shape index (κ3) is 3.13. The first-order valence-corrected chi connectivity index (χ1v) is 10.6. The Kier molecular flexibility index (Phi) is 4.36. The van der Waals surface area contributed by atoms with Gasteiger partial charge in [0.05, 0.1) is 22.8 Å². The zero-order valence-corrected chi connectivity index (χ0v) is 16.8. The smallest absolute Gasteiger partial charge is 0.106 e. The third-order valence-electron chi connectivity index (χ3n) is 5.62. The van der Waals surface area contributed by atoms with Crippen LogP contribution in [0.3, 0.4) is 0 Å². The van der Waals surface area contributed by atoms with Gasteiger partial charge in [0.2, 0.25) is 0 Å². The van der Waals surface area contributed by atoms with Crippen LogP contribution in [0.5, 0.6) is 0 Å². The second-order valence-corrected chi connectivity index (χ2v) is 9.26. The average molecular weight is 400 g/mol. The second-order valence-electron chi connectivity index (χ2n) is 7.58. The lowest BCUT2D eigenvalue weighted by molar-refractivity contribution is -0.0954. The lowest BCUT2D eigenvalue weighted by atomic mass is 9.78. The normalized spacial score (nSPS) is 27.6. The Balaban J connectivity index is 1.48. The van der Waals surface area contributed by atoms with Crippen LogP contribution in [0, 0.1) is 0 Å². The summed E-state index contributed by atoms with van der Waals surface area (Å²) in [6, 6.07) is 12.9. The van der Waals surface area contributed by atoms with Crippen LogP contribution in [0.25, 0.3) is 5.69 Å². The molecule has 1 fully saturated rings. The van der Waals surface area contributed by atoms with Crippen molar-refractivity contribution in [3.63, 3.8) is 0 Å². The number of hydrogen-bond acceptors (Lipinski definition) is 4. The van der Waals surface area contributed by atoms with Crippen LogP contribution in [0.1, 0.15) is 41.8 Å². The van der Waals surface area contributed by atoms with E-state index in [-0.39, 0.29) is 11.6 Å². The summed E-state index contributed by atoms with van der Waals surface area (Å²) < 4.78 is 9.25. The maximum atomic E-state index is 6.44. The van der Waals surface area contributed by atoms with E-state index in [9.17, 15) is 0 Å². The van der Waals surface area contributed by atoms with E-state index >= 15 is 0 Å². The first kappa shape index (κ1) is 17.4.